The van der Waals surface area contributed by atoms with Crippen molar-refractivity contribution in [1.82, 2.24) is 0 Å². The highest BCUT2D eigenvalue weighted by Gasteiger charge is 2.11. The van der Waals surface area contributed by atoms with E-state index in [1.54, 1.807) is 19.1 Å². The predicted octanol–water partition coefficient (Wildman–Crippen LogP) is 1.70. The van der Waals surface area contributed by atoms with Gasteiger partial charge in [-0.25, -0.2) is 8.42 Å². The van der Waals surface area contributed by atoms with Crippen molar-refractivity contribution in [1.29, 1.82) is 0 Å². The number of aldehydes is 1. The van der Waals surface area contributed by atoms with Crippen LogP contribution >= 0.6 is 0 Å². The SMILES string of the molecule is Cc1cc(S(C)(=O)=O)ccc1C(C)C=O. The van der Waals surface area contributed by atoms with E-state index in [2.05, 4.69) is 0 Å². The van der Waals surface area contributed by atoms with Crippen molar-refractivity contribution in [3.8, 4) is 0 Å². The minimum Gasteiger partial charge on any atom is -0.303 e. The van der Waals surface area contributed by atoms with Gasteiger partial charge in [-0.3, -0.25) is 0 Å². The monoisotopic (exact) mass is 226 g/mol. The van der Waals surface area contributed by atoms with Crippen LogP contribution in [-0.4, -0.2) is 21.0 Å². The molecule has 0 radical (unpaired) electrons. The number of rotatable bonds is 3. The number of hydrogen-bond donors (Lipinski definition) is 0. The molecule has 0 amide bonds. The van der Waals surface area contributed by atoms with E-state index in [0.717, 1.165) is 17.4 Å². The standard InChI is InChI=1S/C11H14O3S/c1-8-6-10(15(3,13)14)4-5-11(8)9(2)7-12/h4-7,9H,1-3H3. The van der Waals surface area contributed by atoms with E-state index in [1.807, 2.05) is 6.92 Å². The maximum absolute atomic E-state index is 11.3. The molecule has 0 aliphatic carbocycles. The molecular formula is C11H14O3S. The van der Waals surface area contributed by atoms with Gasteiger partial charge in [0.25, 0.3) is 0 Å². The molecule has 0 saturated heterocycles. The minimum absolute atomic E-state index is 0.196. The molecule has 3 nitrogen and oxygen atoms in total. The van der Waals surface area contributed by atoms with Gasteiger partial charge in [-0.15, -0.1) is 0 Å². The van der Waals surface area contributed by atoms with Crippen LogP contribution in [-0.2, 0) is 14.6 Å². The highest BCUT2D eigenvalue weighted by Crippen LogP contribution is 2.21. The molecule has 1 aromatic carbocycles. The first-order chi connectivity index (χ1) is 6.86. The Labute approximate surface area is 90.0 Å². The Hall–Kier alpha value is -1.16. The van der Waals surface area contributed by atoms with Gasteiger partial charge in [0.2, 0.25) is 0 Å². The summed E-state index contributed by atoms with van der Waals surface area (Å²) >= 11 is 0. The van der Waals surface area contributed by atoms with Gasteiger partial charge in [0, 0.05) is 12.2 Å². The summed E-state index contributed by atoms with van der Waals surface area (Å²) in [6, 6.07) is 4.84. The Balaban J connectivity index is 3.26. The van der Waals surface area contributed by atoms with Gasteiger partial charge in [0.05, 0.1) is 4.90 Å². The van der Waals surface area contributed by atoms with Gasteiger partial charge in [-0.1, -0.05) is 13.0 Å². The third kappa shape index (κ3) is 2.65. The molecule has 1 atom stereocenters. The van der Waals surface area contributed by atoms with Gasteiger partial charge in [0.1, 0.15) is 6.29 Å². The lowest BCUT2D eigenvalue weighted by Gasteiger charge is -2.09. The van der Waals surface area contributed by atoms with E-state index in [9.17, 15) is 13.2 Å². The van der Waals surface area contributed by atoms with Crippen molar-refractivity contribution in [2.24, 2.45) is 0 Å². The second-order valence-electron chi connectivity index (χ2n) is 3.72. The zero-order chi connectivity index (χ0) is 11.6. The topological polar surface area (TPSA) is 51.2 Å². The van der Waals surface area contributed by atoms with Gasteiger partial charge in [-0.2, -0.15) is 0 Å². The smallest absolute Gasteiger partial charge is 0.175 e. The van der Waals surface area contributed by atoms with Crippen LogP contribution in [0.15, 0.2) is 23.1 Å². The summed E-state index contributed by atoms with van der Waals surface area (Å²) in [7, 11) is -3.16. The number of hydrogen-bond acceptors (Lipinski definition) is 3. The van der Waals surface area contributed by atoms with Gasteiger partial charge < -0.3 is 4.79 Å². The summed E-state index contributed by atoms with van der Waals surface area (Å²) in [6.07, 6.45) is 2.02. The quantitative estimate of drug-likeness (QED) is 0.737. The van der Waals surface area contributed by atoms with Crippen LogP contribution in [0.4, 0.5) is 0 Å². The summed E-state index contributed by atoms with van der Waals surface area (Å²) < 4.78 is 22.5. The highest BCUT2D eigenvalue weighted by molar-refractivity contribution is 7.90. The lowest BCUT2D eigenvalue weighted by Crippen LogP contribution is -2.02. The third-order valence-corrected chi connectivity index (χ3v) is 3.47. The molecule has 0 N–H and O–H groups in total. The Morgan fingerprint density at radius 3 is 2.33 bits per heavy atom. The van der Waals surface area contributed by atoms with E-state index in [1.165, 1.54) is 12.3 Å². The van der Waals surface area contributed by atoms with Crippen molar-refractivity contribution >= 4 is 16.1 Å². The van der Waals surface area contributed by atoms with Crippen LogP contribution < -0.4 is 0 Å². The largest absolute Gasteiger partial charge is 0.303 e. The maximum atomic E-state index is 11.3. The molecule has 0 aliphatic rings. The van der Waals surface area contributed by atoms with Gasteiger partial charge in [-0.05, 0) is 30.2 Å². The Kier molecular flexibility index (Phi) is 3.29. The lowest BCUT2D eigenvalue weighted by atomic mass is 9.98. The van der Waals surface area contributed by atoms with Gasteiger partial charge in [0.15, 0.2) is 9.84 Å². The van der Waals surface area contributed by atoms with E-state index < -0.39 is 9.84 Å². The Morgan fingerprint density at radius 2 is 1.93 bits per heavy atom. The van der Waals surface area contributed by atoms with Crippen molar-refractivity contribution in [3.05, 3.63) is 29.3 Å². The van der Waals surface area contributed by atoms with Crippen LogP contribution in [0.3, 0.4) is 0 Å². The molecule has 1 unspecified atom stereocenters. The molecule has 15 heavy (non-hydrogen) atoms. The number of sulfone groups is 1. The summed E-state index contributed by atoms with van der Waals surface area (Å²) in [5.74, 6) is -0.196. The first kappa shape index (κ1) is 11.9. The molecule has 0 bridgehead atoms. The molecule has 0 heterocycles. The second-order valence-corrected chi connectivity index (χ2v) is 5.73. The van der Waals surface area contributed by atoms with Crippen LogP contribution in [0.2, 0.25) is 0 Å². The van der Waals surface area contributed by atoms with Gasteiger partial charge >= 0.3 is 0 Å². The first-order valence-corrected chi connectivity index (χ1v) is 6.51. The van der Waals surface area contributed by atoms with E-state index in [4.69, 9.17) is 0 Å². The highest BCUT2D eigenvalue weighted by atomic mass is 32.2. The summed E-state index contributed by atoms with van der Waals surface area (Å²) in [5.41, 5.74) is 1.70. The van der Waals surface area contributed by atoms with Crippen LogP contribution in [0, 0.1) is 6.92 Å². The minimum atomic E-state index is -3.16. The lowest BCUT2D eigenvalue weighted by molar-refractivity contribution is -0.108. The fraction of sp³-hybridized carbons (Fsp3) is 0.364. The van der Waals surface area contributed by atoms with Crippen LogP contribution in [0.5, 0.6) is 0 Å². The van der Waals surface area contributed by atoms with E-state index >= 15 is 0 Å². The fourth-order valence-electron chi connectivity index (χ4n) is 1.46. The fourth-order valence-corrected chi connectivity index (χ4v) is 2.17. The van der Waals surface area contributed by atoms with E-state index in [0.29, 0.717) is 4.90 Å². The van der Waals surface area contributed by atoms with Crippen LogP contribution in [0.25, 0.3) is 0 Å². The van der Waals surface area contributed by atoms with Crippen molar-refractivity contribution in [3.63, 3.8) is 0 Å². The average Bonchev–Trinajstić information content (AvgIpc) is 2.15. The molecule has 0 saturated carbocycles. The Bertz CT molecular complexity index is 475. The molecule has 0 fully saturated rings. The zero-order valence-corrected chi connectivity index (χ0v) is 9.84. The number of benzene rings is 1. The first-order valence-electron chi connectivity index (χ1n) is 4.62. The number of carbonyl (C=O) groups is 1. The van der Waals surface area contributed by atoms with Crippen LogP contribution in [0.1, 0.15) is 24.0 Å². The van der Waals surface area contributed by atoms with Crippen molar-refractivity contribution in [2.45, 2.75) is 24.7 Å². The molecule has 0 aromatic heterocycles. The number of aryl methyl sites for hydroxylation is 1. The summed E-state index contributed by atoms with van der Waals surface area (Å²) in [4.78, 5) is 10.9. The second kappa shape index (κ2) is 4.14. The molecule has 82 valence electrons. The van der Waals surface area contributed by atoms with Crippen molar-refractivity contribution in [2.75, 3.05) is 6.26 Å². The molecule has 0 spiro atoms. The van der Waals surface area contributed by atoms with E-state index in [-0.39, 0.29) is 5.92 Å². The summed E-state index contributed by atoms with van der Waals surface area (Å²) in [6.45, 7) is 3.60. The molecular weight excluding hydrogens is 212 g/mol. The molecule has 1 aromatic rings. The molecule has 4 heteroatoms. The normalized spacial score (nSPS) is 13.5. The third-order valence-electron chi connectivity index (χ3n) is 2.36. The molecule has 0 aliphatic heterocycles. The Morgan fingerprint density at radius 1 is 1.33 bits per heavy atom. The summed E-state index contributed by atoms with van der Waals surface area (Å²) in [5, 5.41) is 0. The molecule has 1 rings (SSSR count). The average molecular weight is 226 g/mol. The maximum Gasteiger partial charge on any atom is 0.175 e. The predicted molar refractivity (Wildman–Crippen MR) is 58.8 cm³/mol. The zero-order valence-electron chi connectivity index (χ0n) is 9.02. The van der Waals surface area contributed by atoms with Crippen molar-refractivity contribution < 1.29 is 13.2 Å². The number of carbonyl (C=O) groups excluding carboxylic acids is 1.